The summed E-state index contributed by atoms with van der Waals surface area (Å²) in [7, 11) is 0. The molecule has 0 radical (unpaired) electrons. The number of hydrogen-bond donors (Lipinski definition) is 2. The van der Waals surface area contributed by atoms with E-state index in [-0.39, 0.29) is 6.04 Å². The normalized spacial score (nSPS) is 12.8. The summed E-state index contributed by atoms with van der Waals surface area (Å²) in [5.74, 6) is 0. The fourth-order valence-electron chi connectivity index (χ4n) is 0.566. The lowest BCUT2D eigenvalue weighted by Gasteiger charge is -2.15. The molecule has 0 saturated heterocycles. The minimum absolute atomic E-state index is 0.200. The molecule has 0 rings (SSSR count). The molecule has 0 heterocycles. The number of hydrogen-bond acceptors (Lipinski definition) is 1. The molecular weight excluding hydrogens is 163 g/mol. The van der Waals surface area contributed by atoms with Crippen molar-refractivity contribution < 1.29 is 4.39 Å². The van der Waals surface area contributed by atoms with Crippen molar-refractivity contribution in [1.82, 2.24) is 10.6 Å². The zero-order valence-electron chi connectivity index (χ0n) is 7.15. The molecule has 1 atom stereocenters. The Hall–Kier alpha value is -0.380. The molecule has 0 aromatic rings. The molecule has 0 aliphatic carbocycles. The molecule has 0 aromatic heterocycles. The Balaban J connectivity index is 3.52. The monoisotopic (exact) mass is 178 g/mol. The van der Waals surface area contributed by atoms with Gasteiger partial charge in [0.15, 0.2) is 5.11 Å². The molecule has 0 aromatic carbocycles. The van der Waals surface area contributed by atoms with Crippen LogP contribution in [0.1, 0.15) is 20.8 Å². The van der Waals surface area contributed by atoms with Gasteiger partial charge in [0.25, 0.3) is 0 Å². The van der Waals surface area contributed by atoms with Crippen molar-refractivity contribution in [2.45, 2.75) is 32.9 Å². The molecule has 0 amide bonds. The first-order chi connectivity index (χ1) is 5.06. The van der Waals surface area contributed by atoms with Gasteiger partial charge in [-0.25, -0.2) is 4.39 Å². The van der Waals surface area contributed by atoms with Gasteiger partial charge in [-0.2, -0.15) is 0 Å². The van der Waals surface area contributed by atoms with E-state index in [4.69, 9.17) is 12.2 Å². The lowest BCUT2D eigenvalue weighted by molar-refractivity contribution is 0.423. The van der Waals surface area contributed by atoms with Crippen LogP contribution in [-0.4, -0.2) is 23.9 Å². The Morgan fingerprint density at radius 1 is 1.36 bits per heavy atom. The highest BCUT2D eigenvalue weighted by Crippen LogP contribution is 1.83. The van der Waals surface area contributed by atoms with Crippen LogP contribution in [0.25, 0.3) is 0 Å². The predicted octanol–water partition coefficient (Wildman–Crippen LogP) is 1.22. The van der Waals surface area contributed by atoms with Crippen LogP contribution in [0.5, 0.6) is 0 Å². The van der Waals surface area contributed by atoms with E-state index < -0.39 is 6.67 Å². The minimum Gasteiger partial charge on any atom is -0.361 e. The third kappa shape index (κ3) is 6.04. The van der Waals surface area contributed by atoms with Crippen molar-refractivity contribution in [3.63, 3.8) is 0 Å². The van der Waals surface area contributed by atoms with Crippen molar-refractivity contribution >= 4 is 17.3 Å². The highest BCUT2D eigenvalue weighted by molar-refractivity contribution is 7.80. The molecule has 2 nitrogen and oxygen atoms in total. The third-order valence-electron chi connectivity index (χ3n) is 1.03. The first-order valence-electron chi connectivity index (χ1n) is 3.69. The van der Waals surface area contributed by atoms with E-state index in [1.54, 1.807) is 6.92 Å². The van der Waals surface area contributed by atoms with E-state index in [1.165, 1.54) is 0 Å². The molecule has 0 aliphatic heterocycles. The van der Waals surface area contributed by atoms with Crippen molar-refractivity contribution in [1.29, 1.82) is 0 Å². The van der Waals surface area contributed by atoms with Gasteiger partial charge in [-0.1, -0.05) is 0 Å². The SMILES string of the molecule is CC(C)NC(=S)N[C@@H](C)CF. The molecule has 66 valence electrons. The van der Waals surface area contributed by atoms with E-state index >= 15 is 0 Å². The Kier molecular flexibility index (Phi) is 5.11. The molecule has 2 N–H and O–H groups in total. The van der Waals surface area contributed by atoms with Crippen LogP contribution in [0.3, 0.4) is 0 Å². The van der Waals surface area contributed by atoms with Crippen molar-refractivity contribution in [2.75, 3.05) is 6.67 Å². The Labute approximate surface area is 72.6 Å². The second-order valence-electron chi connectivity index (χ2n) is 2.83. The average molecular weight is 178 g/mol. The number of halogens is 1. The summed E-state index contributed by atoms with van der Waals surface area (Å²) in [6.45, 7) is 5.30. The number of rotatable bonds is 3. The van der Waals surface area contributed by atoms with Crippen LogP contribution >= 0.6 is 12.2 Å². The molecule has 0 spiro atoms. The van der Waals surface area contributed by atoms with Crippen LogP contribution in [0.4, 0.5) is 4.39 Å². The van der Waals surface area contributed by atoms with Gasteiger partial charge in [-0.15, -0.1) is 0 Å². The van der Waals surface area contributed by atoms with Gasteiger partial charge in [0.1, 0.15) is 6.67 Å². The Bertz CT molecular complexity index is 128. The van der Waals surface area contributed by atoms with Crippen LogP contribution in [-0.2, 0) is 0 Å². The molecule has 0 saturated carbocycles. The van der Waals surface area contributed by atoms with E-state index in [0.29, 0.717) is 11.2 Å². The van der Waals surface area contributed by atoms with Crippen LogP contribution < -0.4 is 10.6 Å². The van der Waals surface area contributed by atoms with Crippen molar-refractivity contribution in [2.24, 2.45) is 0 Å². The lowest BCUT2D eigenvalue weighted by Crippen LogP contribution is -2.44. The smallest absolute Gasteiger partial charge is 0.166 e. The van der Waals surface area contributed by atoms with E-state index in [0.717, 1.165) is 0 Å². The molecule has 0 unspecified atom stereocenters. The van der Waals surface area contributed by atoms with Gasteiger partial charge in [-0.05, 0) is 33.0 Å². The summed E-state index contributed by atoms with van der Waals surface area (Å²) in [6, 6.07) is 0.0931. The minimum atomic E-state index is -0.403. The standard InChI is InChI=1S/C7H15FN2S/c1-5(2)9-7(11)10-6(3)4-8/h5-6H,4H2,1-3H3,(H2,9,10,11)/t6-/m0/s1. The zero-order valence-corrected chi connectivity index (χ0v) is 7.96. The predicted molar refractivity (Wildman–Crippen MR) is 49.4 cm³/mol. The summed E-state index contributed by atoms with van der Waals surface area (Å²) in [5, 5.41) is 6.29. The first-order valence-corrected chi connectivity index (χ1v) is 4.10. The second kappa shape index (κ2) is 5.29. The summed E-state index contributed by atoms with van der Waals surface area (Å²) < 4.78 is 11.9. The fraction of sp³-hybridized carbons (Fsp3) is 0.857. The quantitative estimate of drug-likeness (QED) is 0.635. The van der Waals surface area contributed by atoms with Crippen LogP contribution in [0.15, 0.2) is 0 Å². The maximum Gasteiger partial charge on any atom is 0.166 e. The number of alkyl halides is 1. The van der Waals surface area contributed by atoms with Crippen molar-refractivity contribution in [3.05, 3.63) is 0 Å². The number of nitrogens with one attached hydrogen (secondary N) is 2. The highest BCUT2D eigenvalue weighted by Gasteiger charge is 2.02. The average Bonchev–Trinajstić information content (AvgIpc) is 1.85. The zero-order chi connectivity index (χ0) is 8.85. The van der Waals surface area contributed by atoms with Crippen LogP contribution in [0.2, 0.25) is 0 Å². The van der Waals surface area contributed by atoms with Crippen molar-refractivity contribution in [3.8, 4) is 0 Å². The maximum atomic E-state index is 11.9. The summed E-state index contributed by atoms with van der Waals surface area (Å²) in [5.41, 5.74) is 0. The van der Waals surface area contributed by atoms with E-state index in [9.17, 15) is 4.39 Å². The molecule has 4 heteroatoms. The van der Waals surface area contributed by atoms with Gasteiger partial charge < -0.3 is 10.6 Å². The summed E-state index contributed by atoms with van der Waals surface area (Å²) >= 11 is 4.88. The van der Waals surface area contributed by atoms with Gasteiger partial charge >= 0.3 is 0 Å². The molecule has 11 heavy (non-hydrogen) atoms. The first kappa shape index (κ1) is 10.6. The lowest BCUT2D eigenvalue weighted by atomic mass is 10.4. The van der Waals surface area contributed by atoms with Gasteiger partial charge in [0, 0.05) is 6.04 Å². The molecular formula is C7H15FN2S. The van der Waals surface area contributed by atoms with Gasteiger partial charge in [-0.3, -0.25) is 0 Å². The molecule has 0 fully saturated rings. The highest BCUT2D eigenvalue weighted by atomic mass is 32.1. The number of thiocarbonyl (C=S) groups is 1. The van der Waals surface area contributed by atoms with Crippen LogP contribution in [0, 0.1) is 0 Å². The summed E-state index contributed by atoms with van der Waals surface area (Å²) in [4.78, 5) is 0. The largest absolute Gasteiger partial charge is 0.361 e. The van der Waals surface area contributed by atoms with E-state index in [1.807, 2.05) is 13.8 Å². The Morgan fingerprint density at radius 3 is 2.27 bits per heavy atom. The Morgan fingerprint density at radius 2 is 1.91 bits per heavy atom. The fourth-order valence-corrected chi connectivity index (χ4v) is 1.00. The molecule has 0 aliphatic rings. The summed E-state index contributed by atoms with van der Waals surface area (Å²) in [6.07, 6.45) is 0. The second-order valence-corrected chi connectivity index (χ2v) is 3.24. The molecule has 0 bridgehead atoms. The topological polar surface area (TPSA) is 24.1 Å². The van der Waals surface area contributed by atoms with Gasteiger partial charge in [0.2, 0.25) is 0 Å². The van der Waals surface area contributed by atoms with E-state index in [2.05, 4.69) is 10.6 Å². The van der Waals surface area contributed by atoms with Gasteiger partial charge in [0.05, 0.1) is 6.04 Å². The third-order valence-corrected chi connectivity index (χ3v) is 1.26. The maximum absolute atomic E-state index is 11.9.